The normalized spacial score (nSPS) is 12.5. The predicted octanol–water partition coefficient (Wildman–Crippen LogP) is 2.33. The summed E-state index contributed by atoms with van der Waals surface area (Å²) in [6.07, 6.45) is 5.48. The van der Waals surface area contributed by atoms with Gasteiger partial charge in [-0.05, 0) is 24.5 Å². The third-order valence-corrected chi connectivity index (χ3v) is 2.96. The second kappa shape index (κ2) is 6.99. The van der Waals surface area contributed by atoms with Gasteiger partial charge in [-0.3, -0.25) is 0 Å². The van der Waals surface area contributed by atoms with Gasteiger partial charge in [0.1, 0.15) is 0 Å². The standard InChI is InChI=1S/C15H20N2O/c16-15(7-6-13-4-2-1-3-5-13)11-17-10-14-8-9-18-12-14/h1-5,8-9,12,15,17H,6-7,10-11,16H2. The van der Waals surface area contributed by atoms with Crippen LogP contribution in [0.4, 0.5) is 0 Å². The Morgan fingerprint density at radius 3 is 2.67 bits per heavy atom. The van der Waals surface area contributed by atoms with Crippen LogP contribution in [-0.4, -0.2) is 12.6 Å². The SMILES string of the molecule is NC(CCc1ccccc1)CNCc1ccoc1. The van der Waals surface area contributed by atoms with Gasteiger partial charge in [0.2, 0.25) is 0 Å². The monoisotopic (exact) mass is 244 g/mol. The highest BCUT2D eigenvalue weighted by Gasteiger charge is 2.03. The number of nitrogens with two attached hydrogens (primary N) is 1. The van der Waals surface area contributed by atoms with Crippen molar-refractivity contribution >= 4 is 0 Å². The van der Waals surface area contributed by atoms with Crippen molar-refractivity contribution in [2.24, 2.45) is 5.73 Å². The van der Waals surface area contributed by atoms with Gasteiger partial charge < -0.3 is 15.5 Å². The van der Waals surface area contributed by atoms with E-state index < -0.39 is 0 Å². The molecular formula is C15H20N2O. The van der Waals surface area contributed by atoms with E-state index in [-0.39, 0.29) is 6.04 Å². The molecule has 0 amide bonds. The van der Waals surface area contributed by atoms with Crippen molar-refractivity contribution in [2.45, 2.75) is 25.4 Å². The first-order valence-electron chi connectivity index (χ1n) is 6.36. The second-order valence-corrected chi connectivity index (χ2v) is 4.55. The van der Waals surface area contributed by atoms with Gasteiger partial charge in [-0.25, -0.2) is 0 Å². The van der Waals surface area contributed by atoms with Crippen molar-refractivity contribution in [3.8, 4) is 0 Å². The quantitative estimate of drug-likeness (QED) is 0.786. The Morgan fingerprint density at radius 2 is 1.94 bits per heavy atom. The van der Waals surface area contributed by atoms with Crippen molar-refractivity contribution in [1.29, 1.82) is 0 Å². The van der Waals surface area contributed by atoms with Crippen molar-refractivity contribution in [3.63, 3.8) is 0 Å². The van der Waals surface area contributed by atoms with Gasteiger partial charge in [-0.1, -0.05) is 30.3 Å². The summed E-state index contributed by atoms with van der Waals surface area (Å²) in [6, 6.07) is 12.6. The maximum Gasteiger partial charge on any atom is 0.0947 e. The van der Waals surface area contributed by atoms with Crippen LogP contribution in [0, 0.1) is 0 Å². The molecule has 0 aliphatic heterocycles. The molecule has 1 heterocycles. The molecule has 0 saturated heterocycles. The largest absolute Gasteiger partial charge is 0.472 e. The minimum absolute atomic E-state index is 0.192. The molecular weight excluding hydrogens is 224 g/mol. The van der Waals surface area contributed by atoms with E-state index in [2.05, 4.69) is 29.6 Å². The van der Waals surface area contributed by atoms with E-state index in [1.54, 1.807) is 12.5 Å². The van der Waals surface area contributed by atoms with Crippen molar-refractivity contribution < 1.29 is 4.42 Å². The molecule has 0 saturated carbocycles. The van der Waals surface area contributed by atoms with E-state index in [4.69, 9.17) is 10.2 Å². The van der Waals surface area contributed by atoms with Crippen LogP contribution in [0.1, 0.15) is 17.5 Å². The minimum atomic E-state index is 0.192. The molecule has 0 radical (unpaired) electrons. The molecule has 1 aromatic heterocycles. The molecule has 2 aromatic rings. The molecule has 1 unspecified atom stereocenters. The lowest BCUT2D eigenvalue weighted by atomic mass is 10.1. The van der Waals surface area contributed by atoms with Crippen LogP contribution in [0.15, 0.2) is 53.3 Å². The average Bonchev–Trinajstić information content (AvgIpc) is 2.91. The Morgan fingerprint density at radius 1 is 1.11 bits per heavy atom. The summed E-state index contributed by atoms with van der Waals surface area (Å²) in [5.41, 5.74) is 8.58. The van der Waals surface area contributed by atoms with Gasteiger partial charge in [-0.2, -0.15) is 0 Å². The molecule has 3 N–H and O–H groups in total. The second-order valence-electron chi connectivity index (χ2n) is 4.55. The van der Waals surface area contributed by atoms with E-state index in [0.29, 0.717) is 0 Å². The smallest absolute Gasteiger partial charge is 0.0947 e. The number of nitrogens with one attached hydrogen (secondary N) is 1. The average molecular weight is 244 g/mol. The molecule has 0 fully saturated rings. The fourth-order valence-electron chi connectivity index (χ4n) is 1.89. The fraction of sp³-hybridized carbons (Fsp3) is 0.333. The molecule has 3 nitrogen and oxygen atoms in total. The summed E-state index contributed by atoms with van der Waals surface area (Å²) >= 11 is 0. The van der Waals surface area contributed by atoms with Crippen LogP contribution in [0.3, 0.4) is 0 Å². The fourth-order valence-corrected chi connectivity index (χ4v) is 1.89. The summed E-state index contributed by atoms with van der Waals surface area (Å²) in [5, 5.41) is 3.34. The lowest BCUT2D eigenvalue weighted by molar-refractivity contribution is 0.535. The predicted molar refractivity (Wildman–Crippen MR) is 73.2 cm³/mol. The van der Waals surface area contributed by atoms with E-state index >= 15 is 0 Å². The topological polar surface area (TPSA) is 51.2 Å². The van der Waals surface area contributed by atoms with E-state index in [1.807, 2.05) is 12.1 Å². The first-order chi connectivity index (χ1) is 8.84. The molecule has 2 rings (SSSR count). The molecule has 3 heteroatoms. The lowest BCUT2D eigenvalue weighted by Crippen LogP contribution is -2.33. The molecule has 0 aliphatic rings. The lowest BCUT2D eigenvalue weighted by Gasteiger charge is -2.12. The Hall–Kier alpha value is -1.58. The first-order valence-corrected chi connectivity index (χ1v) is 6.36. The summed E-state index contributed by atoms with van der Waals surface area (Å²) in [6.45, 7) is 1.65. The van der Waals surface area contributed by atoms with Gasteiger partial charge >= 0.3 is 0 Å². The van der Waals surface area contributed by atoms with Crippen LogP contribution in [0.2, 0.25) is 0 Å². The maximum absolute atomic E-state index is 6.08. The van der Waals surface area contributed by atoms with E-state index in [1.165, 1.54) is 5.56 Å². The Balaban J connectivity index is 1.62. The highest BCUT2D eigenvalue weighted by molar-refractivity contribution is 5.14. The molecule has 1 aromatic carbocycles. The number of aryl methyl sites for hydroxylation is 1. The van der Waals surface area contributed by atoms with Crippen LogP contribution >= 0.6 is 0 Å². The van der Waals surface area contributed by atoms with Gasteiger partial charge in [0.25, 0.3) is 0 Å². The van der Waals surface area contributed by atoms with Crippen LogP contribution < -0.4 is 11.1 Å². The zero-order chi connectivity index (χ0) is 12.6. The number of hydrogen-bond donors (Lipinski definition) is 2. The minimum Gasteiger partial charge on any atom is -0.472 e. The van der Waals surface area contributed by atoms with Crippen molar-refractivity contribution in [2.75, 3.05) is 6.54 Å². The third-order valence-electron chi connectivity index (χ3n) is 2.96. The van der Waals surface area contributed by atoms with Crippen molar-refractivity contribution in [3.05, 3.63) is 60.1 Å². The molecule has 0 bridgehead atoms. The van der Waals surface area contributed by atoms with Crippen molar-refractivity contribution in [1.82, 2.24) is 5.32 Å². The van der Waals surface area contributed by atoms with Crippen LogP contribution in [0.5, 0.6) is 0 Å². The highest BCUT2D eigenvalue weighted by Crippen LogP contribution is 2.04. The van der Waals surface area contributed by atoms with Gasteiger partial charge in [0.05, 0.1) is 12.5 Å². The van der Waals surface area contributed by atoms with Crippen LogP contribution in [0.25, 0.3) is 0 Å². The Bertz CT molecular complexity index is 425. The highest BCUT2D eigenvalue weighted by atomic mass is 16.3. The number of hydrogen-bond acceptors (Lipinski definition) is 3. The molecule has 1 atom stereocenters. The van der Waals surface area contributed by atoms with Gasteiger partial charge in [0, 0.05) is 24.7 Å². The summed E-state index contributed by atoms with van der Waals surface area (Å²) in [5.74, 6) is 0. The maximum atomic E-state index is 6.08. The van der Waals surface area contributed by atoms with E-state index in [0.717, 1.165) is 31.5 Å². The Labute approximate surface area is 108 Å². The zero-order valence-electron chi connectivity index (χ0n) is 10.5. The number of furan rings is 1. The summed E-state index contributed by atoms with van der Waals surface area (Å²) in [7, 11) is 0. The molecule has 96 valence electrons. The molecule has 0 spiro atoms. The molecule has 0 aliphatic carbocycles. The Kier molecular flexibility index (Phi) is 5.00. The first kappa shape index (κ1) is 12.9. The zero-order valence-corrected chi connectivity index (χ0v) is 10.5. The van der Waals surface area contributed by atoms with Gasteiger partial charge in [0.15, 0.2) is 0 Å². The summed E-state index contributed by atoms with van der Waals surface area (Å²) < 4.78 is 5.01. The number of rotatable bonds is 7. The molecule has 18 heavy (non-hydrogen) atoms. The number of benzene rings is 1. The summed E-state index contributed by atoms with van der Waals surface area (Å²) in [4.78, 5) is 0. The van der Waals surface area contributed by atoms with E-state index in [9.17, 15) is 0 Å². The van der Waals surface area contributed by atoms with Gasteiger partial charge in [-0.15, -0.1) is 0 Å². The van der Waals surface area contributed by atoms with Crippen LogP contribution in [-0.2, 0) is 13.0 Å². The third kappa shape index (κ3) is 4.35.